The maximum atomic E-state index is 13.6. The number of aryl methyl sites for hydroxylation is 1. The van der Waals surface area contributed by atoms with Gasteiger partial charge in [-0.1, -0.05) is 95.1 Å². The zero-order chi connectivity index (χ0) is 23.6. The van der Waals surface area contributed by atoms with Crippen molar-refractivity contribution in [1.82, 2.24) is 10.2 Å². The van der Waals surface area contributed by atoms with Gasteiger partial charge in [-0.2, -0.15) is 0 Å². The van der Waals surface area contributed by atoms with Crippen molar-refractivity contribution in [3.63, 3.8) is 0 Å². The Bertz CT molecular complexity index is 1030. The highest BCUT2D eigenvalue weighted by atomic mass is 79.9. The molecule has 0 aliphatic heterocycles. The van der Waals surface area contributed by atoms with Gasteiger partial charge in [-0.05, 0) is 42.2 Å². The maximum Gasteiger partial charge on any atom is 0.243 e. The fourth-order valence-electron chi connectivity index (χ4n) is 3.69. The lowest BCUT2D eigenvalue weighted by Crippen LogP contribution is -2.51. The van der Waals surface area contributed by atoms with Crippen molar-refractivity contribution in [1.29, 1.82) is 0 Å². The number of rotatable bonds is 10. The second-order valence-electron chi connectivity index (χ2n) is 8.31. The third kappa shape index (κ3) is 7.57. The van der Waals surface area contributed by atoms with E-state index in [9.17, 15) is 9.59 Å². The van der Waals surface area contributed by atoms with Crippen LogP contribution in [0.15, 0.2) is 83.3 Å². The highest BCUT2D eigenvalue weighted by Crippen LogP contribution is 2.18. The Labute approximate surface area is 205 Å². The van der Waals surface area contributed by atoms with Gasteiger partial charge >= 0.3 is 0 Å². The van der Waals surface area contributed by atoms with Gasteiger partial charge in [0.1, 0.15) is 6.04 Å². The first-order chi connectivity index (χ1) is 16.0. The molecule has 1 atom stereocenters. The Morgan fingerprint density at radius 3 is 2.15 bits per heavy atom. The second-order valence-corrected chi connectivity index (χ2v) is 9.22. The lowest BCUT2D eigenvalue weighted by Gasteiger charge is -2.31. The van der Waals surface area contributed by atoms with Crippen molar-refractivity contribution in [2.45, 2.75) is 45.7 Å². The summed E-state index contributed by atoms with van der Waals surface area (Å²) in [6.45, 7) is 5.01. The molecule has 0 spiro atoms. The summed E-state index contributed by atoms with van der Waals surface area (Å²) in [5, 5.41) is 3.01. The number of nitrogens with zero attached hydrogens (tertiary/aromatic N) is 1. The minimum atomic E-state index is -0.597. The molecule has 0 bridgehead atoms. The molecule has 0 radical (unpaired) electrons. The topological polar surface area (TPSA) is 49.4 Å². The molecule has 0 heterocycles. The first-order valence-electron chi connectivity index (χ1n) is 11.4. The number of benzene rings is 3. The Balaban J connectivity index is 1.93. The molecule has 0 aliphatic carbocycles. The van der Waals surface area contributed by atoms with Crippen LogP contribution >= 0.6 is 15.9 Å². The number of hydrogen-bond acceptors (Lipinski definition) is 2. The van der Waals surface area contributed by atoms with Crippen molar-refractivity contribution >= 4 is 27.7 Å². The highest BCUT2D eigenvalue weighted by Gasteiger charge is 2.30. The third-order valence-corrected chi connectivity index (χ3v) is 6.09. The van der Waals surface area contributed by atoms with Gasteiger partial charge in [0.25, 0.3) is 0 Å². The van der Waals surface area contributed by atoms with Gasteiger partial charge in [-0.3, -0.25) is 9.59 Å². The minimum Gasteiger partial charge on any atom is -0.354 e. The molecule has 0 saturated heterocycles. The first-order valence-corrected chi connectivity index (χ1v) is 12.2. The third-order valence-electron chi connectivity index (χ3n) is 5.56. The molecule has 3 rings (SSSR count). The summed E-state index contributed by atoms with van der Waals surface area (Å²) in [5.41, 5.74) is 4.10. The molecule has 5 heteroatoms. The molecular weight excluding hydrogens is 476 g/mol. The van der Waals surface area contributed by atoms with Crippen LogP contribution in [0.4, 0.5) is 0 Å². The molecule has 0 aliphatic rings. The van der Waals surface area contributed by atoms with Crippen LogP contribution in [-0.2, 0) is 29.0 Å². The zero-order valence-corrected chi connectivity index (χ0v) is 20.8. The standard InChI is InChI=1S/C28H31BrN2O2/c1-3-17-30-28(33)26(18-22-7-5-4-6-8-22)31(20-24-13-15-25(29)16-14-24)27(32)19-23-11-9-21(2)10-12-23/h4-16,26H,3,17-20H2,1-2H3,(H,30,33)/t26-/m0/s1. The van der Waals surface area contributed by atoms with Crippen LogP contribution in [0.2, 0.25) is 0 Å². The van der Waals surface area contributed by atoms with E-state index in [1.807, 2.05) is 92.7 Å². The van der Waals surface area contributed by atoms with E-state index in [1.54, 1.807) is 4.90 Å². The van der Waals surface area contributed by atoms with E-state index in [0.29, 0.717) is 19.5 Å². The van der Waals surface area contributed by atoms with Gasteiger partial charge in [-0.15, -0.1) is 0 Å². The van der Waals surface area contributed by atoms with Gasteiger partial charge in [-0.25, -0.2) is 0 Å². The van der Waals surface area contributed by atoms with E-state index < -0.39 is 6.04 Å². The van der Waals surface area contributed by atoms with Crippen molar-refractivity contribution in [2.24, 2.45) is 0 Å². The van der Waals surface area contributed by atoms with Gasteiger partial charge < -0.3 is 10.2 Å². The summed E-state index contributed by atoms with van der Waals surface area (Å²) in [7, 11) is 0. The van der Waals surface area contributed by atoms with E-state index in [-0.39, 0.29) is 18.2 Å². The monoisotopic (exact) mass is 506 g/mol. The fourth-order valence-corrected chi connectivity index (χ4v) is 3.95. The fraction of sp³-hybridized carbons (Fsp3) is 0.286. The summed E-state index contributed by atoms with van der Waals surface area (Å²) in [6.07, 6.45) is 1.56. The van der Waals surface area contributed by atoms with Crippen LogP contribution in [0.3, 0.4) is 0 Å². The predicted molar refractivity (Wildman–Crippen MR) is 137 cm³/mol. The molecule has 2 amide bonds. The lowest BCUT2D eigenvalue weighted by molar-refractivity contribution is -0.140. The normalized spacial score (nSPS) is 11.6. The molecular formula is C28H31BrN2O2. The maximum absolute atomic E-state index is 13.6. The van der Waals surface area contributed by atoms with E-state index in [4.69, 9.17) is 0 Å². The number of nitrogens with one attached hydrogen (secondary N) is 1. The van der Waals surface area contributed by atoms with Crippen molar-refractivity contribution in [2.75, 3.05) is 6.54 Å². The van der Waals surface area contributed by atoms with Gasteiger partial charge in [0.05, 0.1) is 6.42 Å². The van der Waals surface area contributed by atoms with Crippen molar-refractivity contribution in [3.8, 4) is 0 Å². The Morgan fingerprint density at radius 2 is 1.52 bits per heavy atom. The first kappa shape index (κ1) is 24.7. The van der Waals surface area contributed by atoms with E-state index in [2.05, 4.69) is 21.2 Å². The molecule has 4 nitrogen and oxygen atoms in total. The molecule has 172 valence electrons. The molecule has 3 aromatic carbocycles. The minimum absolute atomic E-state index is 0.0608. The zero-order valence-electron chi connectivity index (χ0n) is 19.3. The number of hydrogen-bond donors (Lipinski definition) is 1. The van der Waals surface area contributed by atoms with Crippen LogP contribution in [0.25, 0.3) is 0 Å². The molecule has 1 N–H and O–H groups in total. The van der Waals surface area contributed by atoms with Crippen LogP contribution in [0, 0.1) is 6.92 Å². The number of amides is 2. The number of carbonyl (C=O) groups excluding carboxylic acids is 2. The summed E-state index contributed by atoms with van der Waals surface area (Å²) in [5.74, 6) is -0.176. The smallest absolute Gasteiger partial charge is 0.243 e. The van der Waals surface area contributed by atoms with E-state index in [0.717, 1.165) is 33.1 Å². The Kier molecular flexibility index (Phi) is 9.25. The van der Waals surface area contributed by atoms with Crippen molar-refractivity contribution in [3.05, 3.63) is 106 Å². The SMILES string of the molecule is CCCNC(=O)[C@H](Cc1ccccc1)N(Cc1ccc(Br)cc1)C(=O)Cc1ccc(C)cc1. The molecule has 0 saturated carbocycles. The lowest BCUT2D eigenvalue weighted by atomic mass is 10.0. The molecule has 3 aromatic rings. The van der Waals surface area contributed by atoms with E-state index in [1.165, 1.54) is 0 Å². The van der Waals surface area contributed by atoms with Crippen LogP contribution in [-0.4, -0.2) is 29.3 Å². The molecule has 0 fully saturated rings. The van der Waals surface area contributed by atoms with Crippen molar-refractivity contribution < 1.29 is 9.59 Å². The Morgan fingerprint density at radius 1 is 0.879 bits per heavy atom. The number of halogens is 1. The van der Waals surface area contributed by atoms with Gasteiger partial charge in [0.2, 0.25) is 11.8 Å². The average Bonchev–Trinajstić information content (AvgIpc) is 2.83. The molecule has 0 unspecified atom stereocenters. The summed E-state index contributed by atoms with van der Waals surface area (Å²) >= 11 is 3.47. The average molecular weight is 507 g/mol. The predicted octanol–water partition coefficient (Wildman–Crippen LogP) is 5.47. The van der Waals surface area contributed by atoms with Crippen LogP contribution < -0.4 is 5.32 Å². The van der Waals surface area contributed by atoms with Gasteiger partial charge in [0.15, 0.2) is 0 Å². The van der Waals surface area contributed by atoms with E-state index >= 15 is 0 Å². The second kappa shape index (κ2) is 12.4. The highest BCUT2D eigenvalue weighted by molar-refractivity contribution is 9.10. The largest absolute Gasteiger partial charge is 0.354 e. The number of carbonyl (C=O) groups is 2. The summed E-state index contributed by atoms with van der Waals surface area (Å²) in [6, 6.07) is 25.2. The summed E-state index contributed by atoms with van der Waals surface area (Å²) < 4.78 is 0.977. The van der Waals surface area contributed by atoms with Crippen LogP contribution in [0.1, 0.15) is 35.6 Å². The molecule has 0 aromatic heterocycles. The molecule has 33 heavy (non-hydrogen) atoms. The summed E-state index contributed by atoms with van der Waals surface area (Å²) in [4.78, 5) is 28.6. The van der Waals surface area contributed by atoms with Gasteiger partial charge in [0, 0.05) is 24.0 Å². The quantitative estimate of drug-likeness (QED) is 0.396. The Hall–Kier alpha value is -2.92. The van der Waals surface area contributed by atoms with Crippen LogP contribution in [0.5, 0.6) is 0 Å².